The largest absolute Gasteiger partial charge is 0.384 e. The standard InChI is InChI=1S/C26H22FN7O4S3/c27-15-6-4-14(5-7-15)22-18(12-28)24(29)34(19-2-1-3-20(35)23(19)22)25-32-33-26(40-25)39-13-21(36)31-16-8-10-17(11-9-16)41(30,37)38/h4-11,22H,1-3,13,29H2,(H,31,36)(H2,30,37,38). The van der Waals surface area contributed by atoms with Crippen LogP contribution in [-0.2, 0) is 19.6 Å². The number of sulfonamides is 1. The highest BCUT2D eigenvalue weighted by Gasteiger charge is 2.41. The topological polar surface area (TPSA) is 185 Å². The van der Waals surface area contributed by atoms with Crippen LogP contribution >= 0.6 is 23.1 Å². The first-order chi connectivity index (χ1) is 19.6. The number of benzene rings is 2. The zero-order chi connectivity index (χ0) is 29.3. The molecule has 0 fully saturated rings. The molecular weight excluding hydrogens is 590 g/mol. The maximum Gasteiger partial charge on any atom is 0.238 e. The number of primary sulfonamides is 1. The molecule has 2 aromatic carbocycles. The number of rotatable bonds is 7. The van der Waals surface area contributed by atoms with Crippen LogP contribution in [-0.4, -0.2) is 36.1 Å². The number of ketones is 1. The van der Waals surface area contributed by atoms with Crippen molar-refractivity contribution in [3.63, 3.8) is 0 Å². The van der Waals surface area contributed by atoms with Gasteiger partial charge in [-0.2, -0.15) is 5.26 Å². The molecule has 1 aliphatic carbocycles. The molecule has 2 aliphatic rings. The number of nitrogens with zero attached hydrogens (tertiary/aromatic N) is 4. The van der Waals surface area contributed by atoms with Gasteiger partial charge in [-0.15, -0.1) is 10.2 Å². The van der Waals surface area contributed by atoms with Gasteiger partial charge in [0.2, 0.25) is 21.1 Å². The zero-order valence-electron chi connectivity index (χ0n) is 21.2. The molecule has 1 atom stereocenters. The van der Waals surface area contributed by atoms with Gasteiger partial charge in [-0.25, -0.2) is 17.9 Å². The molecule has 0 saturated heterocycles. The van der Waals surface area contributed by atoms with Crippen LogP contribution in [0.1, 0.15) is 30.7 Å². The van der Waals surface area contributed by atoms with Crippen molar-refractivity contribution >= 4 is 55.6 Å². The third-order valence-corrected chi connectivity index (χ3v) is 9.47. The van der Waals surface area contributed by atoms with Gasteiger partial charge in [-0.1, -0.05) is 35.2 Å². The molecule has 41 heavy (non-hydrogen) atoms. The maximum absolute atomic E-state index is 13.6. The molecule has 0 spiro atoms. The van der Waals surface area contributed by atoms with Crippen LogP contribution in [0.3, 0.4) is 0 Å². The first-order valence-electron chi connectivity index (χ1n) is 12.2. The summed E-state index contributed by atoms with van der Waals surface area (Å²) >= 11 is 2.28. The molecule has 0 bridgehead atoms. The Morgan fingerprint density at radius 2 is 1.88 bits per heavy atom. The van der Waals surface area contributed by atoms with Gasteiger partial charge in [-0.3, -0.25) is 14.5 Å². The summed E-state index contributed by atoms with van der Waals surface area (Å²) in [7, 11) is -3.84. The van der Waals surface area contributed by atoms with E-state index in [1.807, 2.05) is 0 Å². The van der Waals surface area contributed by atoms with Gasteiger partial charge in [0.25, 0.3) is 0 Å². The lowest BCUT2D eigenvalue weighted by molar-refractivity contribution is -0.116. The second-order valence-electron chi connectivity index (χ2n) is 9.12. The molecule has 1 aromatic heterocycles. The summed E-state index contributed by atoms with van der Waals surface area (Å²) < 4.78 is 36.9. The Labute approximate surface area is 242 Å². The summed E-state index contributed by atoms with van der Waals surface area (Å²) in [5, 5.41) is 26.6. The van der Waals surface area contributed by atoms with Crippen LogP contribution < -0.4 is 21.1 Å². The van der Waals surface area contributed by atoms with E-state index in [4.69, 9.17) is 10.9 Å². The van der Waals surface area contributed by atoms with Crippen molar-refractivity contribution in [2.75, 3.05) is 16.0 Å². The van der Waals surface area contributed by atoms with Crippen molar-refractivity contribution in [3.05, 3.63) is 82.6 Å². The van der Waals surface area contributed by atoms with Gasteiger partial charge in [0.05, 0.1) is 28.2 Å². The van der Waals surface area contributed by atoms with E-state index in [0.29, 0.717) is 51.3 Å². The van der Waals surface area contributed by atoms with E-state index in [2.05, 4.69) is 21.6 Å². The van der Waals surface area contributed by atoms with Crippen LogP contribution in [0.2, 0.25) is 0 Å². The number of hydrogen-bond acceptors (Lipinski definition) is 11. The quantitative estimate of drug-likeness (QED) is 0.335. The number of nitrogens with two attached hydrogens (primary N) is 2. The second-order valence-corrected chi connectivity index (χ2v) is 12.9. The van der Waals surface area contributed by atoms with Crippen LogP contribution in [0.5, 0.6) is 0 Å². The minimum Gasteiger partial charge on any atom is -0.384 e. The number of nitriles is 1. The first-order valence-corrected chi connectivity index (χ1v) is 15.5. The minimum atomic E-state index is -3.84. The molecule has 0 saturated carbocycles. The lowest BCUT2D eigenvalue weighted by Gasteiger charge is -2.38. The summed E-state index contributed by atoms with van der Waals surface area (Å²) in [5.74, 6) is -1.52. The van der Waals surface area contributed by atoms with Crippen LogP contribution in [0, 0.1) is 17.1 Å². The van der Waals surface area contributed by atoms with Crippen molar-refractivity contribution in [1.29, 1.82) is 5.26 Å². The predicted octanol–water partition coefficient (Wildman–Crippen LogP) is 3.36. The number of halogens is 1. The van der Waals surface area contributed by atoms with Gasteiger partial charge >= 0.3 is 0 Å². The minimum absolute atomic E-state index is 0.0145. The molecule has 11 nitrogen and oxygen atoms in total. The molecule has 5 N–H and O–H groups in total. The highest BCUT2D eigenvalue weighted by Crippen LogP contribution is 2.47. The summed E-state index contributed by atoms with van der Waals surface area (Å²) in [4.78, 5) is 27.2. The van der Waals surface area contributed by atoms with Gasteiger partial charge in [0.1, 0.15) is 11.6 Å². The van der Waals surface area contributed by atoms with Crippen LogP contribution in [0.15, 0.2) is 80.4 Å². The van der Waals surface area contributed by atoms with E-state index in [9.17, 15) is 27.7 Å². The van der Waals surface area contributed by atoms with Gasteiger partial charge in [-0.05, 0) is 54.8 Å². The summed E-state index contributed by atoms with van der Waals surface area (Å²) in [6.07, 6.45) is 1.44. The third-order valence-electron chi connectivity index (χ3n) is 6.50. The number of nitrogens with one attached hydrogen (secondary N) is 1. The Kier molecular flexibility index (Phi) is 7.91. The molecule has 1 aliphatic heterocycles. The van der Waals surface area contributed by atoms with Gasteiger partial charge in [0, 0.05) is 23.4 Å². The number of Topliss-reactive ketones (excluding diaryl/α,β-unsaturated/α-hetero) is 1. The molecule has 1 amide bonds. The summed E-state index contributed by atoms with van der Waals surface area (Å²) in [6, 6.07) is 13.2. The number of amides is 1. The molecular formula is C26H22FN7O4S3. The molecule has 5 rings (SSSR count). The smallest absolute Gasteiger partial charge is 0.238 e. The van der Waals surface area contributed by atoms with Crippen LogP contribution in [0.4, 0.5) is 15.2 Å². The van der Waals surface area contributed by atoms with Crippen molar-refractivity contribution in [3.8, 4) is 6.07 Å². The average Bonchev–Trinajstić information content (AvgIpc) is 3.40. The fourth-order valence-electron chi connectivity index (χ4n) is 4.70. The zero-order valence-corrected chi connectivity index (χ0v) is 23.7. The Morgan fingerprint density at radius 3 is 2.54 bits per heavy atom. The molecule has 15 heteroatoms. The maximum atomic E-state index is 13.6. The number of allylic oxidation sites excluding steroid dienone is 3. The van der Waals surface area contributed by atoms with Crippen molar-refractivity contribution in [1.82, 2.24) is 10.2 Å². The van der Waals surface area contributed by atoms with Crippen molar-refractivity contribution < 1.29 is 22.4 Å². The second kappa shape index (κ2) is 11.4. The van der Waals surface area contributed by atoms with E-state index in [-0.39, 0.29) is 33.7 Å². The van der Waals surface area contributed by atoms with E-state index < -0.39 is 21.8 Å². The van der Waals surface area contributed by atoms with Crippen LogP contribution in [0.25, 0.3) is 0 Å². The van der Waals surface area contributed by atoms with E-state index in [1.165, 1.54) is 36.4 Å². The number of carbonyl (C=O) groups is 2. The number of carbonyl (C=O) groups excluding carboxylic acids is 2. The number of anilines is 2. The number of thioether (sulfide) groups is 1. The van der Waals surface area contributed by atoms with E-state index in [0.717, 1.165) is 23.1 Å². The average molecular weight is 612 g/mol. The predicted molar refractivity (Wildman–Crippen MR) is 151 cm³/mol. The normalized spacial score (nSPS) is 17.3. The Balaban J connectivity index is 1.36. The van der Waals surface area contributed by atoms with Crippen molar-refractivity contribution in [2.24, 2.45) is 10.9 Å². The fourth-order valence-corrected chi connectivity index (χ4v) is 6.89. The fraction of sp³-hybridized carbons (Fsp3) is 0.192. The molecule has 1 unspecified atom stereocenters. The Hall–Kier alpha value is -4.10. The Bertz CT molecular complexity index is 1740. The van der Waals surface area contributed by atoms with Crippen molar-refractivity contribution in [2.45, 2.75) is 34.4 Å². The lowest BCUT2D eigenvalue weighted by Crippen LogP contribution is -2.38. The van der Waals surface area contributed by atoms with E-state index in [1.54, 1.807) is 17.0 Å². The first kappa shape index (κ1) is 28.4. The SMILES string of the molecule is N#CC1=C(N)N(c2nnc(SCC(=O)Nc3ccc(S(N)(=O)=O)cc3)s2)C2=C(C(=O)CCC2)C1c1ccc(F)cc1. The molecule has 2 heterocycles. The third kappa shape index (κ3) is 5.86. The highest BCUT2D eigenvalue weighted by molar-refractivity contribution is 8.01. The van der Waals surface area contributed by atoms with Gasteiger partial charge < -0.3 is 11.1 Å². The molecule has 210 valence electrons. The van der Waals surface area contributed by atoms with Gasteiger partial charge in [0.15, 0.2) is 10.1 Å². The number of aromatic nitrogens is 2. The summed E-state index contributed by atoms with van der Waals surface area (Å²) in [5.41, 5.74) is 8.72. The summed E-state index contributed by atoms with van der Waals surface area (Å²) in [6.45, 7) is 0. The van der Waals surface area contributed by atoms with E-state index >= 15 is 0 Å². The molecule has 3 aromatic rings. The lowest BCUT2D eigenvalue weighted by atomic mass is 9.76. The monoisotopic (exact) mass is 611 g/mol. The highest BCUT2D eigenvalue weighted by atomic mass is 32.2. The molecule has 0 radical (unpaired) electrons. The number of hydrogen-bond donors (Lipinski definition) is 3. The Morgan fingerprint density at radius 1 is 1.17 bits per heavy atom.